The number of hydrogen-bond acceptors (Lipinski definition) is 17. The molecule has 15 aromatic rings. The Balaban J connectivity index is 0.000000167. The monoisotopic (exact) mass is 2030 g/mol. The Labute approximate surface area is 846 Å². The van der Waals surface area contributed by atoms with Gasteiger partial charge in [0.05, 0.1) is 115 Å². The van der Waals surface area contributed by atoms with E-state index in [0.29, 0.717) is 72.3 Å². The topological polar surface area (TPSA) is 308 Å². The maximum atomic E-state index is 15.6. The molecule has 0 radical (unpaired) electrons. The fourth-order valence-electron chi connectivity index (χ4n) is 18.2. The van der Waals surface area contributed by atoms with Gasteiger partial charge in [0.15, 0.2) is 46.3 Å². The molecule has 770 valence electrons. The standard InChI is InChI=1S/C34H37F2N3O5.C32H31F2N3O4.C28H27F2N3O3.C20H18F2N2O3/c1-5-44-30(40)18-11-19-37-28(24-13-7-6-8-14-24)21-39-33(41)31(25-15-10-17-29(43-4)32(25)36)23(3)38(34(39)42)20-26-22(2)12-9-16-27(26)35;1-20-10-7-14-25(33)24(20)18-36-21(2)29(23-13-8-15-27(41-3)30(23)34)31(39)37(32(36)40)19-26(22-11-5-4-6-12-22)35-17-9-16-28(35)38;1-17-9-7-13-22(29)21(17)15-32-18(2)25(20-12-8-14-24(36-3)26(20)30)27(34)33(28(32)35)16-23(31)19-10-5-4-6-11-19;1-11-6-4-8-15(21)14(11)10-24-12(2)17(19(25)23-20(24)26)13-7-5-9-16(27-3)18(13)22/h6-10,12-17,28,37H,5,11,18-21H2,1-4H3;4-8,10-15,26H,9,16-19H2,1-3H3;4-14,23H,15-16,31H2,1-3H3;4-9H,10H2,1-3H3,(H,23,25,26)/t28-;26-;23-;/m000./s1. The minimum atomic E-state index is -0.747. The first-order chi connectivity index (χ1) is 71.0. The van der Waals surface area contributed by atoms with Gasteiger partial charge in [-0.25, -0.2) is 54.3 Å². The first kappa shape index (κ1) is 109. The second-order valence-electron chi connectivity index (χ2n) is 35.4. The van der Waals surface area contributed by atoms with Gasteiger partial charge in [-0.1, -0.05) is 188 Å². The molecule has 26 nitrogen and oxygen atoms in total. The Hall–Kier alpha value is -16.4. The number of nitrogens with one attached hydrogen (secondary N) is 2. The van der Waals surface area contributed by atoms with Crippen LogP contribution in [0.2, 0.25) is 0 Å². The average molecular weight is 2030 g/mol. The Morgan fingerprint density at radius 2 is 0.703 bits per heavy atom. The number of nitrogens with two attached hydrogens (primary N) is 1. The van der Waals surface area contributed by atoms with Gasteiger partial charge >= 0.3 is 28.7 Å². The molecular weight excluding hydrogens is 1920 g/mol. The highest BCUT2D eigenvalue weighted by atomic mass is 19.2. The van der Waals surface area contributed by atoms with Crippen LogP contribution in [-0.2, 0) is 60.1 Å². The number of aryl methyl sites for hydroxylation is 4. The van der Waals surface area contributed by atoms with Crippen LogP contribution in [0.1, 0.15) is 135 Å². The number of aromatic amines is 1. The lowest BCUT2D eigenvalue weighted by Gasteiger charge is -2.29. The van der Waals surface area contributed by atoms with E-state index < -0.39 is 110 Å². The summed E-state index contributed by atoms with van der Waals surface area (Å²) in [5.74, 6) is -5.40. The van der Waals surface area contributed by atoms with Gasteiger partial charge in [0.2, 0.25) is 5.91 Å². The van der Waals surface area contributed by atoms with Gasteiger partial charge in [0.1, 0.15) is 23.3 Å². The Bertz CT molecular complexity index is 7880. The molecular formula is C114H113F8N11O15. The van der Waals surface area contributed by atoms with Crippen LogP contribution in [0.25, 0.3) is 44.5 Å². The van der Waals surface area contributed by atoms with Crippen LogP contribution in [0.15, 0.2) is 275 Å². The molecule has 0 aliphatic carbocycles. The van der Waals surface area contributed by atoms with Gasteiger partial charge in [-0.15, -0.1) is 0 Å². The van der Waals surface area contributed by atoms with Crippen molar-refractivity contribution >= 4 is 11.9 Å². The zero-order chi connectivity index (χ0) is 107. The van der Waals surface area contributed by atoms with Crippen LogP contribution in [0.5, 0.6) is 23.0 Å². The fourth-order valence-corrected chi connectivity index (χ4v) is 18.2. The molecule has 3 atom stereocenters. The van der Waals surface area contributed by atoms with Crippen LogP contribution in [0.4, 0.5) is 35.1 Å². The van der Waals surface area contributed by atoms with Gasteiger partial charge in [0, 0.05) is 92.7 Å². The second kappa shape index (κ2) is 49.0. The van der Waals surface area contributed by atoms with E-state index in [2.05, 4.69) is 10.3 Å². The van der Waals surface area contributed by atoms with E-state index in [4.69, 9.17) is 29.4 Å². The van der Waals surface area contributed by atoms with Gasteiger partial charge in [-0.05, 0) is 169 Å². The second-order valence-corrected chi connectivity index (χ2v) is 35.4. The van der Waals surface area contributed by atoms with Crippen molar-refractivity contribution in [1.29, 1.82) is 0 Å². The quantitative estimate of drug-likeness (QED) is 0.0200. The maximum Gasteiger partial charge on any atom is 0.331 e. The third-order valence-corrected chi connectivity index (χ3v) is 26.5. The molecule has 1 fully saturated rings. The number of hydrogen-bond donors (Lipinski definition) is 3. The molecule has 4 N–H and O–H groups in total. The van der Waals surface area contributed by atoms with Gasteiger partial charge in [-0.3, -0.25) is 65.7 Å². The van der Waals surface area contributed by atoms with E-state index in [1.54, 1.807) is 145 Å². The zero-order valence-corrected chi connectivity index (χ0v) is 84.0. The highest BCUT2D eigenvalue weighted by molar-refractivity contribution is 5.79. The summed E-state index contributed by atoms with van der Waals surface area (Å²) in [5.41, 5.74) is 7.69. The molecule has 1 aliphatic heterocycles. The number of rotatable bonds is 32. The molecule has 1 saturated heterocycles. The van der Waals surface area contributed by atoms with E-state index in [0.717, 1.165) is 30.4 Å². The molecule has 11 aromatic carbocycles. The number of benzene rings is 11. The molecule has 0 unspecified atom stereocenters. The third kappa shape index (κ3) is 23.9. The summed E-state index contributed by atoms with van der Waals surface area (Å²) in [6.07, 6.45) is 1.73. The molecule has 0 saturated carbocycles. The summed E-state index contributed by atoms with van der Waals surface area (Å²) >= 11 is 0. The number of nitrogens with zero attached hydrogens (tertiary/aromatic N) is 8. The number of aromatic nitrogens is 8. The van der Waals surface area contributed by atoms with E-state index in [1.165, 1.54) is 126 Å². The Morgan fingerprint density at radius 1 is 0.378 bits per heavy atom. The van der Waals surface area contributed by atoms with Crippen LogP contribution in [0, 0.1) is 102 Å². The SMILES string of the molecule is CCOC(=O)CCCN[C@@H](Cn1c(=O)c(-c2cccc(OC)c2F)c(C)n(Cc2c(C)cccc2F)c1=O)c1ccccc1.COc1cccc(-c2c(C)n(Cc3c(C)cccc3F)c(=O)[nH]c2=O)c1F.COc1cccc(-c2c(C)n(Cc3c(C)cccc3F)c(=O)n(C[C@@H](c3ccccc3)N3CCCC3=O)c2=O)c1F.COc1cccc(-c2c(C)n(Cc3c(C)cccc3F)c(=O)n(C[C@H](N)c3ccccc3)c2=O)c1F. The number of carbonyl (C=O) groups is 2. The van der Waals surface area contributed by atoms with Gasteiger partial charge in [0.25, 0.3) is 22.2 Å². The number of amides is 1. The molecule has 16 rings (SSSR count). The Kier molecular flexibility index (Phi) is 36.1. The largest absolute Gasteiger partial charge is 0.494 e. The number of halogens is 8. The van der Waals surface area contributed by atoms with Crippen molar-refractivity contribution in [3.05, 3.63) is 450 Å². The molecule has 5 heterocycles. The summed E-state index contributed by atoms with van der Waals surface area (Å²) in [7, 11) is 5.30. The predicted octanol–water partition coefficient (Wildman–Crippen LogP) is 17.8. The number of esters is 1. The molecule has 1 aliphatic rings. The van der Waals surface area contributed by atoms with Crippen molar-refractivity contribution in [3.8, 4) is 67.5 Å². The van der Waals surface area contributed by atoms with E-state index >= 15 is 13.2 Å². The zero-order valence-electron chi connectivity index (χ0n) is 84.0. The van der Waals surface area contributed by atoms with E-state index in [1.807, 2.05) is 78.9 Å². The van der Waals surface area contributed by atoms with Crippen LogP contribution < -0.4 is 75.0 Å². The van der Waals surface area contributed by atoms with E-state index in [9.17, 15) is 69.9 Å². The number of carbonyl (C=O) groups excluding carboxylic acids is 2. The van der Waals surface area contributed by atoms with Crippen LogP contribution >= 0.6 is 0 Å². The molecule has 0 bridgehead atoms. The normalized spacial score (nSPS) is 12.3. The fraction of sp³-hybridized carbons (Fsp3) is 0.263. The van der Waals surface area contributed by atoms with Crippen molar-refractivity contribution in [2.45, 2.75) is 152 Å². The van der Waals surface area contributed by atoms with Gasteiger partial charge < -0.3 is 39.6 Å². The maximum absolute atomic E-state index is 15.6. The van der Waals surface area contributed by atoms with Crippen molar-refractivity contribution in [1.82, 2.24) is 47.2 Å². The Morgan fingerprint density at radius 3 is 1.05 bits per heavy atom. The highest BCUT2D eigenvalue weighted by Crippen LogP contribution is 2.37. The summed E-state index contributed by atoms with van der Waals surface area (Å²) < 4.78 is 154. The van der Waals surface area contributed by atoms with Crippen molar-refractivity contribution in [2.24, 2.45) is 5.73 Å². The number of likely N-dealkylation sites (tertiary alicyclic amines) is 1. The average Bonchev–Trinajstić information content (AvgIpc) is 0.984. The lowest BCUT2D eigenvalue weighted by molar-refractivity contribution is -0.143. The van der Waals surface area contributed by atoms with Crippen LogP contribution in [0.3, 0.4) is 0 Å². The summed E-state index contributed by atoms with van der Waals surface area (Å²) in [5, 5.41) is 3.36. The summed E-state index contributed by atoms with van der Waals surface area (Å²) in [4.78, 5) is 137. The van der Waals surface area contributed by atoms with Crippen LogP contribution in [-0.4, -0.2) is 102 Å². The summed E-state index contributed by atoms with van der Waals surface area (Å²) in [6.45, 7) is 15.1. The molecule has 4 aromatic heterocycles. The van der Waals surface area contributed by atoms with Crippen molar-refractivity contribution in [3.63, 3.8) is 0 Å². The smallest absolute Gasteiger partial charge is 0.331 e. The lowest BCUT2D eigenvalue weighted by atomic mass is 10.0. The molecule has 0 spiro atoms. The van der Waals surface area contributed by atoms with Crippen molar-refractivity contribution < 1.29 is 68.4 Å². The molecule has 1 amide bonds. The van der Waals surface area contributed by atoms with Gasteiger partial charge in [-0.2, -0.15) is 0 Å². The summed E-state index contributed by atoms with van der Waals surface area (Å²) in [6, 6.07) is 62.0. The predicted molar refractivity (Wildman–Crippen MR) is 550 cm³/mol. The highest BCUT2D eigenvalue weighted by Gasteiger charge is 2.35. The third-order valence-electron chi connectivity index (χ3n) is 26.5. The van der Waals surface area contributed by atoms with E-state index in [-0.39, 0.29) is 166 Å². The molecule has 148 heavy (non-hydrogen) atoms. The van der Waals surface area contributed by atoms with Crippen molar-refractivity contribution in [2.75, 3.05) is 48.1 Å². The number of H-pyrrole nitrogens is 1. The number of ether oxygens (including phenoxy) is 5. The first-order valence-corrected chi connectivity index (χ1v) is 47.7. The number of methoxy groups -OCH3 is 4. The first-order valence-electron chi connectivity index (χ1n) is 47.7. The molecule has 34 heteroatoms. The minimum Gasteiger partial charge on any atom is -0.494 e. The minimum absolute atomic E-state index is 0.00000709. The lowest BCUT2D eigenvalue weighted by Crippen LogP contribution is -2.45.